The van der Waals surface area contributed by atoms with Gasteiger partial charge in [-0.3, -0.25) is 9.69 Å². The number of ether oxygens (including phenoxy) is 4. The van der Waals surface area contributed by atoms with Gasteiger partial charge in [-0.15, -0.1) is 0 Å². The van der Waals surface area contributed by atoms with Crippen molar-refractivity contribution in [3.05, 3.63) is 35.4 Å². The van der Waals surface area contributed by atoms with Crippen molar-refractivity contribution in [2.45, 2.75) is 44.4 Å². The lowest BCUT2D eigenvalue weighted by molar-refractivity contribution is -0.152. The molecule has 10 heteroatoms. The second-order valence-corrected chi connectivity index (χ2v) is 9.39. The highest BCUT2D eigenvalue weighted by molar-refractivity contribution is 6.13. The molecule has 0 saturated carbocycles. The highest BCUT2D eigenvalue weighted by Crippen LogP contribution is 2.46. The molecule has 0 radical (unpaired) electrons. The fraction of sp³-hybridized carbons (Fsp3) is 0.429. The number of methoxy groups -OCH3 is 4. The predicted molar refractivity (Wildman–Crippen MR) is 141 cm³/mol. The normalized spacial score (nSPS) is 17.1. The third-order valence-corrected chi connectivity index (χ3v) is 7.31. The summed E-state index contributed by atoms with van der Waals surface area (Å²) < 4.78 is 22.5. The number of aliphatic carboxylic acids is 2. The van der Waals surface area contributed by atoms with Crippen molar-refractivity contribution in [1.29, 1.82) is 0 Å². The number of rotatable bonds is 7. The number of carboxylic acid groups (broad SMARTS) is 2. The minimum atomic E-state index is -1.79. The van der Waals surface area contributed by atoms with Gasteiger partial charge in [-0.05, 0) is 82.7 Å². The van der Waals surface area contributed by atoms with Crippen LogP contribution >= 0.6 is 0 Å². The Morgan fingerprint density at radius 3 is 1.74 bits per heavy atom. The van der Waals surface area contributed by atoms with Crippen LogP contribution in [0.25, 0.3) is 21.5 Å². The largest absolute Gasteiger partial charge is 0.493 e. The second-order valence-electron chi connectivity index (χ2n) is 9.39. The lowest BCUT2D eigenvalue weighted by Gasteiger charge is -2.33. The molecular weight excluding hydrogens is 494 g/mol. The standard InChI is InChI=1S/C24H27NO4.C4H6O5/c1-26-21-9-16-15-8-14-6-5-7-25(14)13-20(15)19-12-24(29-4)23(28-3)11-18(19)17(16)10-22(21)27-2;5-2(4(8)9)1-3(6)7/h9-12,14H,5-8,13H2,1-4H3;2,5H,1H2,(H,6,7)(H,8,9). The topological polar surface area (TPSA) is 135 Å². The number of nitrogens with zero attached hydrogens (tertiary/aromatic N) is 1. The van der Waals surface area contributed by atoms with Gasteiger partial charge in [0, 0.05) is 12.6 Å². The number of fused-ring (bicyclic) bond motifs is 7. The third kappa shape index (κ3) is 5.14. The summed E-state index contributed by atoms with van der Waals surface area (Å²) >= 11 is 0. The lowest BCUT2D eigenvalue weighted by Crippen LogP contribution is -2.35. The SMILES string of the molecule is COc1cc2c3c(c4cc(OC)c(OC)cc4c2cc1OC)CN1CCCC1C3.O=C(O)CC(O)C(=O)O. The van der Waals surface area contributed by atoms with E-state index in [0.717, 1.165) is 41.3 Å². The van der Waals surface area contributed by atoms with E-state index in [1.165, 1.54) is 46.7 Å². The maximum absolute atomic E-state index is 9.72. The van der Waals surface area contributed by atoms with E-state index in [2.05, 4.69) is 29.2 Å². The molecule has 38 heavy (non-hydrogen) atoms. The van der Waals surface area contributed by atoms with Crippen molar-refractivity contribution in [2.75, 3.05) is 35.0 Å². The fourth-order valence-electron chi connectivity index (χ4n) is 5.47. The van der Waals surface area contributed by atoms with Gasteiger partial charge in [0.05, 0.1) is 34.9 Å². The molecule has 1 saturated heterocycles. The second kappa shape index (κ2) is 11.3. The molecule has 3 N–H and O–H groups in total. The molecule has 0 amide bonds. The van der Waals surface area contributed by atoms with Gasteiger partial charge < -0.3 is 34.3 Å². The van der Waals surface area contributed by atoms with Crippen molar-refractivity contribution >= 4 is 33.5 Å². The van der Waals surface area contributed by atoms with Crippen molar-refractivity contribution in [3.63, 3.8) is 0 Å². The fourth-order valence-corrected chi connectivity index (χ4v) is 5.47. The Morgan fingerprint density at radius 1 is 0.842 bits per heavy atom. The summed E-state index contributed by atoms with van der Waals surface area (Å²) in [6, 6.07) is 9.12. The summed E-state index contributed by atoms with van der Waals surface area (Å²) in [6.45, 7) is 2.17. The van der Waals surface area contributed by atoms with Gasteiger partial charge in [0.1, 0.15) is 0 Å². The number of carbonyl (C=O) groups is 2. The molecule has 0 spiro atoms. The van der Waals surface area contributed by atoms with Crippen LogP contribution in [0.4, 0.5) is 0 Å². The van der Waals surface area contributed by atoms with E-state index in [0.29, 0.717) is 6.04 Å². The molecule has 1 fully saturated rings. The molecule has 0 bridgehead atoms. The van der Waals surface area contributed by atoms with E-state index in [-0.39, 0.29) is 0 Å². The zero-order valence-corrected chi connectivity index (χ0v) is 21.9. The smallest absolute Gasteiger partial charge is 0.333 e. The molecule has 10 nitrogen and oxygen atoms in total. The summed E-state index contributed by atoms with van der Waals surface area (Å²) in [5.41, 5.74) is 2.84. The van der Waals surface area contributed by atoms with Gasteiger partial charge in [-0.25, -0.2) is 4.79 Å². The predicted octanol–water partition coefficient (Wildman–Crippen LogP) is 3.45. The molecule has 3 aromatic rings. The summed E-state index contributed by atoms with van der Waals surface area (Å²) in [4.78, 5) is 22.0. The summed E-state index contributed by atoms with van der Waals surface area (Å²) in [5.74, 6) is 0.184. The van der Waals surface area contributed by atoms with Gasteiger partial charge in [0.15, 0.2) is 29.1 Å². The van der Waals surface area contributed by atoms with Crippen molar-refractivity contribution in [1.82, 2.24) is 4.90 Å². The average Bonchev–Trinajstić information content (AvgIpc) is 3.38. The van der Waals surface area contributed by atoms with Crippen molar-refractivity contribution < 1.29 is 43.9 Å². The third-order valence-electron chi connectivity index (χ3n) is 7.31. The van der Waals surface area contributed by atoms with Gasteiger partial charge in [0.25, 0.3) is 0 Å². The molecule has 0 aliphatic carbocycles. The first-order valence-electron chi connectivity index (χ1n) is 12.3. The van der Waals surface area contributed by atoms with Gasteiger partial charge >= 0.3 is 11.9 Å². The Morgan fingerprint density at radius 2 is 1.32 bits per heavy atom. The summed E-state index contributed by atoms with van der Waals surface area (Å²) in [5, 5.41) is 29.0. The summed E-state index contributed by atoms with van der Waals surface area (Å²) in [6.07, 6.45) is 1.09. The van der Waals surface area contributed by atoms with Crippen LogP contribution in [0, 0.1) is 0 Å². The van der Waals surface area contributed by atoms with E-state index >= 15 is 0 Å². The summed E-state index contributed by atoms with van der Waals surface area (Å²) in [7, 11) is 6.76. The van der Waals surface area contributed by atoms with E-state index < -0.39 is 24.5 Å². The molecule has 2 unspecified atom stereocenters. The van der Waals surface area contributed by atoms with Crippen LogP contribution in [-0.2, 0) is 22.6 Å². The van der Waals surface area contributed by atoms with Gasteiger partial charge in [-0.1, -0.05) is 0 Å². The molecule has 2 aliphatic rings. The van der Waals surface area contributed by atoms with E-state index in [4.69, 9.17) is 34.3 Å². The van der Waals surface area contributed by atoms with Crippen LogP contribution in [0.15, 0.2) is 24.3 Å². The van der Waals surface area contributed by atoms with Crippen LogP contribution in [-0.4, -0.2) is 79.3 Å². The van der Waals surface area contributed by atoms with Crippen molar-refractivity contribution in [3.8, 4) is 23.0 Å². The lowest BCUT2D eigenvalue weighted by atomic mass is 9.85. The van der Waals surface area contributed by atoms with E-state index in [1.54, 1.807) is 28.4 Å². The van der Waals surface area contributed by atoms with Gasteiger partial charge in [0.2, 0.25) is 0 Å². The molecule has 0 aromatic heterocycles. The average molecular weight is 528 g/mol. The quantitative estimate of drug-likeness (QED) is 0.392. The highest BCUT2D eigenvalue weighted by Gasteiger charge is 2.33. The molecule has 2 aliphatic heterocycles. The van der Waals surface area contributed by atoms with Crippen LogP contribution in [0.1, 0.15) is 30.4 Å². The minimum Gasteiger partial charge on any atom is -0.493 e. The maximum atomic E-state index is 9.72. The molecule has 5 rings (SSSR count). The number of aliphatic hydroxyl groups excluding tert-OH is 1. The Labute approximate surface area is 220 Å². The van der Waals surface area contributed by atoms with E-state index in [1.807, 2.05) is 0 Å². The van der Waals surface area contributed by atoms with Crippen LogP contribution in [0.5, 0.6) is 23.0 Å². The zero-order valence-electron chi connectivity index (χ0n) is 21.9. The maximum Gasteiger partial charge on any atom is 0.333 e. The Bertz CT molecular complexity index is 1280. The number of carboxylic acids is 2. The first-order valence-corrected chi connectivity index (χ1v) is 12.3. The molecule has 204 valence electrons. The minimum absolute atomic E-state index is 0.636. The van der Waals surface area contributed by atoms with Crippen LogP contribution in [0.2, 0.25) is 0 Å². The van der Waals surface area contributed by atoms with Gasteiger partial charge in [-0.2, -0.15) is 0 Å². The first kappa shape index (κ1) is 27.3. The number of hydrogen-bond acceptors (Lipinski definition) is 8. The molecule has 2 atom stereocenters. The molecular formula is C28H33NO9. The zero-order chi connectivity index (χ0) is 27.6. The Kier molecular flexibility index (Phi) is 8.13. The number of benzene rings is 3. The first-order chi connectivity index (χ1) is 18.2. The van der Waals surface area contributed by atoms with E-state index in [9.17, 15) is 9.59 Å². The number of hydrogen-bond donors (Lipinski definition) is 3. The van der Waals surface area contributed by atoms with Crippen LogP contribution < -0.4 is 18.9 Å². The Hall–Kier alpha value is -3.76. The number of aliphatic hydroxyl groups is 1. The molecule has 3 aromatic carbocycles. The monoisotopic (exact) mass is 527 g/mol. The van der Waals surface area contributed by atoms with Crippen LogP contribution in [0.3, 0.4) is 0 Å². The highest BCUT2D eigenvalue weighted by atomic mass is 16.5. The Balaban J connectivity index is 0.000000323. The van der Waals surface area contributed by atoms with Crippen molar-refractivity contribution in [2.24, 2.45) is 0 Å². The molecule has 2 heterocycles.